The van der Waals surface area contributed by atoms with E-state index in [1.807, 2.05) is 12.2 Å². The minimum Gasteiger partial charge on any atom is -0.449 e. The fourth-order valence-corrected chi connectivity index (χ4v) is 3.92. The van der Waals surface area contributed by atoms with Crippen molar-refractivity contribution in [1.82, 2.24) is 4.72 Å². The number of carbonyl (C=O) groups is 2. The maximum Gasteiger partial charge on any atom is 0.420 e. The second kappa shape index (κ2) is 14.4. The Kier molecular flexibility index (Phi) is 12.7. The third-order valence-electron chi connectivity index (χ3n) is 5.22. The second-order valence-electron chi connectivity index (χ2n) is 8.08. The average molecular weight is 460 g/mol. The molecule has 31 heavy (non-hydrogen) atoms. The highest BCUT2D eigenvalue weighted by atomic mass is 32.2. The molecule has 0 unspecified atom stereocenters. The molecule has 0 radical (unpaired) electrons. The van der Waals surface area contributed by atoms with Gasteiger partial charge in [-0.2, -0.15) is 0 Å². The predicted octanol–water partition coefficient (Wildman–Crippen LogP) is 2.85. The second-order valence-corrected chi connectivity index (χ2v) is 9.83. The van der Waals surface area contributed by atoms with Gasteiger partial charge in [-0.15, -0.1) is 0 Å². The lowest BCUT2D eigenvalue weighted by atomic mass is 9.90. The molecule has 4 atom stereocenters. The molecule has 0 heterocycles. The van der Waals surface area contributed by atoms with Crippen molar-refractivity contribution in [3.05, 3.63) is 24.3 Å². The zero-order valence-corrected chi connectivity index (χ0v) is 19.4. The number of carbonyl (C=O) groups excluding carboxylic acids is 2. The van der Waals surface area contributed by atoms with Crippen LogP contribution in [0.4, 0.5) is 4.79 Å². The van der Waals surface area contributed by atoms with Gasteiger partial charge in [-0.1, -0.05) is 50.5 Å². The Morgan fingerprint density at radius 2 is 2.00 bits per heavy atom. The Balaban J connectivity index is 2.33. The van der Waals surface area contributed by atoms with Crippen molar-refractivity contribution < 1.29 is 33.0 Å². The number of unbranched alkanes of at least 4 members (excludes halogenated alkanes) is 4. The number of nitrogens with one attached hydrogen (secondary N) is 1. The van der Waals surface area contributed by atoms with Crippen LogP contribution in [0.1, 0.15) is 64.7 Å². The van der Waals surface area contributed by atoms with Crippen molar-refractivity contribution in [2.45, 2.75) is 76.9 Å². The molecule has 9 heteroatoms. The van der Waals surface area contributed by atoms with Crippen molar-refractivity contribution in [3.63, 3.8) is 0 Å². The van der Waals surface area contributed by atoms with Crippen molar-refractivity contribution in [1.29, 1.82) is 0 Å². The third kappa shape index (κ3) is 12.0. The lowest BCUT2D eigenvalue weighted by molar-refractivity contribution is -0.121. The van der Waals surface area contributed by atoms with Gasteiger partial charge in [0.05, 0.1) is 25.1 Å². The zero-order valence-electron chi connectivity index (χ0n) is 18.5. The normalized spacial score (nSPS) is 23.0. The molecular formula is C22H37NO7S. The molecule has 1 amide bonds. The topological polar surface area (TPSA) is 130 Å². The van der Waals surface area contributed by atoms with Gasteiger partial charge in [0.2, 0.25) is 10.0 Å². The first-order valence-electron chi connectivity index (χ1n) is 11.0. The summed E-state index contributed by atoms with van der Waals surface area (Å²) in [7, 11) is -3.61. The Labute approximate surface area is 185 Å². The van der Waals surface area contributed by atoms with Gasteiger partial charge in [-0.05, 0) is 32.1 Å². The van der Waals surface area contributed by atoms with Crippen LogP contribution in [0.25, 0.3) is 0 Å². The number of Topliss-reactive ketones (excluding diaryl/α,β-unsaturated/α-hetero) is 1. The number of rotatable bonds is 14. The SMILES string of the molecule is CCCCC[C@H](O)C=C[C@H]1[C@H](O)CC(=O)[C@@H]1CC=CCCCCOC(=O)NS(C)(=O)=O. The molecule has 0 saturated heterocycles. The van der Waals surface area contributed by atoms with Crippen LogP contribution in [0.15, 0.2) is 24.3 Å². The van der Waals surface area contributed by atoms with Gasteiger partial charge in [-0.25, -0.2) is 17.9 Å². The van der Waals surface area contributed by atoms with E-state index < -0.39 is 28.3 Å². The lowest BCUT2D eigenvalue weighted by Crippen LogP contribution is -2.30. The molecular weight excluding hydrogens is 422 g/mol. The first-order chi connectivity index (χ1) is 14.6. The monoisotopic (exact) mass is 459 g/mol. The molecule has 178 valence electrons. The molecule has 0 spiro atoms. The summed E-state index contributed by atoms with van der Waals surface area (Å²) in [5.74, 6) is -0.523. The summed E-state index contributed by atoms with van der Waals surface area (Å²) in [6, 6.07) is 0. The molecule has 8 nitrogen and oxygen atoms in total. The highest BCUT2D eigenvalue weighted by molar-refractivity contribution is 7.89. The number of ketones is 1. The molecule has 0 aromatic rings. The number of hydrogen-bond donors (Lipinski definition) is 3. The van der Waals surface area contributed by atoms with E-state index in [9.17, 15) is 28.2 Å². The summed E-state index contributed by atoms with van der Waals surface area (Å²) in [6.45, 7) is 2.23. The number of allylic oxidation sites excluding steroid dienone is 2. The van der Waals surface area contributed by atoms with Crippen LogP contribution < -0.4 is 4.72 Å². The third-order valence-corrected chi connectivity index (χ3v) is 5.75. The summed E-state index contributed by atoms with van der Waals surface area (Å²) in [6.07, 6.45) is 12.6. The Bertz CT molecular complexity index is 717. The van der Waals surface area contributed by atoms with Gasteiger partial charge in [0.25, 0.3) is 0 Å². The quantitative estimate of drug-likeness (QED) is 0.269. The zero-order chi connectivity index (χ0) is 23.3. The van der Waals surface area contributed by atoms with Crippen molar-refractivity contribution in [2.24, 2.45) is 11.8 Å². The van der Waals surface area contributed by atoms with E-state index in [1.165, 1.54) is 0 Å². The van der Waals surface area contributed by atoms with Gasteiger partial charge in [0.1, 0.15) is 5.78 Å². The Hall–Kier alpha value is -1.71. The first kappa shape index (κ1) is 27.3. The Morgan fingerprint density at radius 3 is 2.68 bits per heavy atom. The van der Waals surface area contributed by atoms with Crippen molar-refractivity contribution in [2.75, 3.05) is 12.9 Å². The highest BCUT2D eigenvalue weighted by Gasteiger charge is 2.39. The average Bonchev–Trinajstić information content (AvgIpc) is 2.93. The molecule has 0 aliphatic heterocycles. The van der Waals surface area contributed by atoms with E-state index >= 15 is 0 Å². The van der Waals surface area contributed by atoms with Crippen LogP contribution in [-0.4, -0.2) is 55.6 Å². The molecule has 0 aromatic carbocycles. The van der Waals surface area contributed by atoms with Crippen molar-refractivity contribution >= 4 is 21.9 Å². The van der Waals surface area contributed by atoms with Gasteiger partial charge in [0.15, 0.2) is 0 Å². The number of aliphatic hydroxyl groups excluding tert-OH is 2. The van der Waals surface area contributed by atoms with E-state index in [0.717, 1.165) is 38.4 Å². The van der Waals surface area contributed by atoms with Crippen LogP contribution >= 0.6 is 0 Å². The fourth-order valence-electron chi connectivity index (χ4n) is 3.55. The summed E-state index contributed by atoms with van der Waals surface area (Å²) in [5, 5.41) is 20.3. The largest absolute Gasteiger partial charge is 0.449 e. The van der Waals surface area contributed by atoms with Gasteiger partial charge >= 0.3 is 6.09 Å². The van der Waals surface area contributed by atoms with E-state index in [2.05, 4.69) is 6.92 Å². The van der Waals surface area contributed by atoms with Crippen LogP contribution in [0.3, 0.4) is 0 Å². The number of aliphatic hydroxyl groups is 2. The van der Waals surface area contributed by atoms with Gasteiger partial charge in [0, 0.05) is 18.3 Å². The molecule has 1 rings (SSSR count). The molecule has 1 saturated carbocycles. The summed E-state index contributed by atoms with van der Waals surface area (Å²) >= 11 is 0. The number of hydrogen-bond acceptors (Lipinski definition) is 7. The standard InChI is InChI=1S/C22H37NO7S/c1-3-4-8-11-17(24)13-14-19-18(20(25)16-21(19)26)12-9-6-5-7-10-15-30-22(27)23-31(2,28)29/h6,9,13-14,17-19,21,24,26H,3-5,7-8,10-12,15-16H2,1-2H3,(H,23,27)/t17-,18+,19+,21+/m0/s1. The minimum atomic E-state index is -3.61. The maximum atomic E-state index is 12.2. The van der Waals surface area contributed by atoms with Crippen LogP contribution in [0.5, 0.6) is 0 Å². The molecule has 3 N–H and O–H groups in total. The molecule has 0 aromatic heterocycles. The Morgan fingerprint density at radius 1 is 1.26 bits per heavy atom. The van der Waals surface area contributed by atoms with E-state index in [1.54, 1.807) is 16.9 Å². The molecule has 1 fully saturated rings. The number of ether oxygens (including phenoxy) is 1. The smallest absolute Gasteiger partial charge is 0.420 e. The van der Waals surface area contributed by atoms with Crippen LogP contribution in [-0.2, 0) is 19.6 Å². The number of sulfonamides is 1. The molecule has 0 bridgehead atoms. The highest BCUT2D eigenvalue weighted by Crippen LogP contribution is 2.33. The van der Waals surface area contributed by atoms with Crippen LogP contribution in [0.2, 0.25) is 0 Å². The predicted molar refractivity (Wildman–Crippen MR) is 119 cm³/mol. The van der Waals surface area contributed by atoms with Crippen molar-refractivity contribution in [3.8, 4) is 0 Å². The summed E-state index contributed by atoms with van der Waals surface area (Å²) in [4.78, 5) is 23.4. The summed E-state index contributed by atoms with van der Waals surface area (Å²) < 4.78 is 28.2. The fraction of sp³-hybridized carbons (Fsp3) is 0.727. The minimum absolute atomic E-state index is 0.0394. The van der Waals surface area contributed by atoms with Gasteiger partial charge < -0.3 is 14.9 Å². The van der Waals surface area contributed by atoms with Gasteiger partial charge in [-0.3, -0.25) is 4.79 Å². The summed E-state index contributed by atoms with van der Waals surface area (Å²) in [5.41, 5.74) is 0. The van der Waals surface area contributed by atoms with Crippen LogP contribution in [0, 0.1) is 11.8 Å². The number of amides is 1. The molecule has 1 aliphatic rings. The first-order valence-corrected chi connectivity index (χ1v) is 12.9. The van der Waals surface area contributed by atoms with E-state index in [-0.39, 0.29) is 30.6 Å². The maximum absolute atomic E-state index is 12.2. The lowest BCUT2D eigenvalue weighted by Gasteiger charge is -2.16. The van der Waals surface area contributed by atoms with E-state index in [0.29, 0.717) is 19.3 Å². The van der Waals surface area contributed by atoms with E-state index in [4.69, 9.17) is 4.74 Å². The molecule has 1 aliphatic carbocycles.